The minimum atomic E-state index is 0.239. The lowest BCUT2D eigenvalue weighted by molar-refractivity contribution is 0.766. The molecule has 0 aliphatic carbocycles. The fourth-order valence-corrected chi connectivity index (χ4v) is 1.69. The van der Waals surface area contributed by atoms with E-state index in [-0.39, 0.29) is 6.04 Å². The van der Waals surface area contributed by atoms with Gasteiger partial charge in [0, 0.05) is 24.3 Å². The maximum Gasteiger partial charge on any atom is 0.180 e. The Bertz CT molecular complexity index is 470. The summed E-state index contributed by atoms with van der Waals surface area (Å²) >= 11 is 5.82. The fourth-order valence-electron chi connectivity index (χ4n) is 1.39. The summed E-state index contributed by atoms with van der Waals surface area (Å²) in [6, 6.07) is 4.04. The molecular formula is C11H13ClN4. The van der Waals surface area contributed by atoms with Gasteiger partial charge in [-0.2, -0.15) is 0 Å². The van der Waals surface area contributed by atoms with Gasteiger partial charge in [-0.3, -0.25) is 4.98 Å². The van der Waals surface area contributed by atoms with E-state index >= 15 is 0 Å². The van der Waals surface area contributed by atoms with Gasteiger partial charge in [0.1, 0.15) is 11.3 Å². The third-order valence-corrected chi connectivity index (χ3v) is 2.74. The molecule has 0 spiro atoms. The summed E-state index contributed by atoms with van der Waals surface area (Å²) in [6.07, 6.45) is 4.26. The van der Waals surface area contributed by atoms with Crippen LogP contribution in [0.4, 0.5) is 5.82 Å². The van der Waals surface area contributed by atoms with Crippen LogP contribution >= 0.6 is 11.6 Å². The molecule has 5 heteroatoms. The van der Waals surface area contributed by atoms with E-state index in [2.05, 4.69) is 27.2 Å². The number of pyridine rings is 1. The predicted octanol–water partition coefficient (Wildman–Crippen LogP) is 2.45. The highest BCUT2D eigenvalue weighted by molar-refractivity contribution is 6.18. The monoisotopic (exact) mass is 236 g/mol. The molecule has 84 valence electrons. The lowest BCUT2D eigenvalue weighted by Crippen LogP contribution is -2.20. The molecule has 4 nitrogen and oxygen atoms in total. The molecule has 0 aliphatic heterocycles. The first-order valence-corrected chi connectivity index (χ1v) is 5.77. The van der Waals surface area contributed by atoms with E-state index in [1.165, 1.54) is 0 Å². The van der Waals surface area contributed by atoms with Gasteiger partial charge in [0.2, 0.25) is 0 Å². The van der Waals surface area contributed by atoms with Gasteiger partial charge in [0.25, 0.3) is 0 Å². The first kappa shape index (κ1) is 11.1. The normalized spacial score (nSPS) is 12.6. The molecule has 0 saturated heterocycles. The number of alkyl halides is 1. The Balaban J connectivity index is 2.25. The Labute approximate surface area is 99.1 Å². The Morgan fingerprint density at radius 2 is 2.12 bits per heavy atom. The Kier molecular flexibility index (Phi) is 3.51. The molecule has 0 aliphatic rings. The molecule has 0 bridgehead atoms. The zero-order chi connectivity index (χ0) is 11.4. The van der Waals surface area contributed by atoms with Crippen LogP contribution in [0, 0.1) is 0 Å². The van der Waals surface area contributed by atoms with Crippen molar-refractivity contribution < 1.29 is 0 Å². The van der Waals surface area contributed by atoms with Gasteiger partial charge in [0.15, 0.2) is 5.65 Å². The molecule has 0 saturated carbocycles. The van der Waals surface area contributed by atoms with E-state index in [0.29, 0.717) is 11.5 Å². The van der Waals surface area contributed by atoms with Gasteiger partial charge in [-0.1, -0.05) is 6.92 Å². The van der Waals surface area contributed by atoms with Crippen LogP contribution < -0.4 is 5.32 Å². The number of hydrogen-bond donors (Lipinski definition) is 1. The van der Waals surface area contributed by atoms with Gasteiger partial charge in [-0.25, -0.2) is 9.97 Å². The van der Waals surface area contributed by atoms with Crippen LogP contribution in [0.3, 0.4) is 0 Å². The predicted molar refractivity (Wildman–Crippen MR) is 65.8 cm³/mol. The number of rotatable bonds is 4. The average Bonchev–Trinajstić information content (AvgIpc) is 2.35. The molecule has 0 aromatic carbocycles. The third kappa shape index (κ3) is 2.39. The standard InChI is InChI=1S/C11H13ClN4/c1-2-8(7-12)15-10-4-3-9-11(16-10)14-6-5-13-9/h3-6,8H,2,7H2,1H3,(H,14,15,16). The summed E-state index contributed by atoms with van der Waals surface area (Å²) in [5, 5.41) is 3.26. The van der Waals surface area contributed by atoms with Crippen LogP contribution in [0.5, 0.6) is 0 Å². The van der Waals surface area contributed by atoms with Gasteiger partial charge in [-0.05, 0) is 18.6 Å². The number of anilines is 1. The van der Waals surface area contributed by atoms with Crippen molar-refractivity contribution in [3.05, 3.63) is 24.5 Å². The molecular weight excluding hydrogens is 224 g/mol. The third-order valence-electron chi connectivity index (χ3n) is 2.36. The van der Waals surface area contributed by atoms with Gasteiger partial charge in [-0.15, -0.1) is 11.6 Å². The second-order valence-electron chi connectivity index (χ2n) is 3.50. The molecule has 2 heterocycles. The number of nitrogens with zero attached hydrogens (tertiary/aromatic N) is 3. The van der Waals surface area contributed by atoms with Gasteiger partial charge in [0.05, 0.1) is 0 Å². The molecule has 0 fully saturated rings. The van der Waals surface area contributed by atoms with E-state index < -0.39 is 0 Å². The highest BCUT2D eigenvalue weighted by atomic mass is 35.5. The van der Waals surface area contributed by atoms with Gasteiger partial charge >= 0.3 is 0 Å². The molecule has 0 amide bonds. The smallest absolute Gasteiger partial charge is 0.180 e. The quantitative estimate of drug-likeness (QED) is 0.829. The van der Waals surface area contributed by atoms with E-state index in [1.807, 2.05) is 12.1 Å². The maximum absolute atomic E-state index is 5.82. The molecule has 16 heavy (non-hydrogen) atoms. The Hall–Kier alpha value is -1.42. The van der Waals surface area contributed by atoms with Crippen LogP contribution in [0.25, 0.3) is 11.2 Å². The first-order valence-electron chi connectivity index (χ1n) is 5.23. The lowest BCUT2D eigenvalue weighted by atomic mass is 10.2. The topological polar surface area (TPSA) is 50.7 Å². The zero-order valence-electron chi connectivity index (χ0n) is 9.02. The SMILES string of the molecule is CCC(CCl)Nc1ccc2nccnc2n1. The van der Waals surface area contributed by atoms with E-state index in [0.717, 1.165) is 17.8 Å². The molecule has 1 atom stereocenters. The minimum absolute atomic E-state index is 0.239. The number of hydrogen-bond acceptors (Lipinski definition) is 4. The summed E-state index contributed by atoms with van der Waals surface area (Å²) in [7, 11) is 0. The van der Waals surface area contributed by atoms with Crippen molar-refractivity contribution in [1.29, 1.82) is 0 Å². The largest absolute Gasteiger partial charge is 0.366 e. The minimum Gasteiger partial charge on any atom is -0.366 e. The van der Waals surface area contributed by atoms with Gasteiger partial charge < -0.3 is 5.32 Å². The van der Waals surface area contributed by atoms with E-state index in [4.69, 9.17) is 11.6 Å². The summed E-state index contributed by atoms with van der Waals surface area (Å²) in [5.74, 6) is 1.36. The molecule has 1 N–H and O–H groups in total. The van der Waals surface area contributed by atoms with Crippen LogP contribution in [0.15, 0.2) is 24.5 Å². The summed E-state index contributed by atoms with van der Waals surface area (Å²) in [6.45, 7) is 2.08. The van der Waals surface area contributed by atoms with Crippen LogP contribution in [0.2, 0.25) is 0 Å². The highest BCUT2D eigenvalue weighted by Crippen LogP contribution is 2.12. The lowest BCUT2D eigenvalue weighted by Gasteiger charge is -2.14. The number of fused-ring (bicyclic) bond motifs is 1. The van der Waals surface area contributed by atoms with Crippen molar-refractivity contribution >= 4 is 28.6 Å². The number of nitrogens with one attached hydrogen (secondary N) is 1. The van der Waals surface area contributed by atoms with Crippen LogP contribution in [0.1, 0.15) is 13.3 Å². The van der Waals surface area contributed by atoms with Crippen LogP contribution in [-0.4, -0.2) is 26.9 Å². The Morgan fingerprint density at radius 1 is 1.31 bits per heavy atom. The molecule has 1 unspecified atom stereocenters. The van der Waals surface area contributed by atoms with E-state index in [1.54, 1.807) is 12.4 Å². The molecule has 2 aromatic rings. The van der Waals surface area contributed by atoms with Crippen molar-refractivity contribution in [1.82, 2.24) is 15.0 Å². The second-order valence-corrected chi connectivity index (χ2v) is 3.81. The van der Waals surface area contributed by atoms with Crippen molar-refractivity contribution in [3.63, 3.8) is 0 Å². The summed E-state index contributed by atoms with van der Waals surface area (Å²) in [4.78, 5) is 12.7. The number of aromatic nitrogens is 3. The van der Waals surface area contributed by atoms with Crippen molar-refractivity contribution in [3.8, 4) is 0 Å². The van der Waals surface area contributed by atoms with Crippen LogP contribution in [-0.2, 0) is 0 Å². The molecule has 2 aromatic heterocycles. The number of halogens is 1. The second kappa shape index (κ2) is 5.07. The summed E-state index contributed by atoms with van der Waals surface area (Å²) in [5.41, 5.74) is 1.45. The summed E-state index contributed by atoms with van der Waals surface area (Å²) < 4.78 is 0. The highest BCUT2D eigenvalue weighted by Gasteiger charge is 2.05. The maximum atomic E-state index is 5.82. The molecule has 0 radical (unpaired) electrons. The van der Waals surface area contributed by atoms with E-state index in [9.17, 15) is 0 Å². The van der Waals surface area contributed by atoms with Crippen molar-refractivity contribution in [2.45, 2.75) is 19.4 Å². The first-order chi connectivity index (χ1) is 7.83. The van der Waals surface area contributed by atoms with Crippen molar-refractivity contribution in [2.24, 2.45) is 0 Å². The fraction of sp³-hybridized carbons (Fsp3) is 0.364. The average molecular weight is 237 g/mol. The molecule has 2 rings (SSSR count). The zero-order valence-corrected chi connectivity index (χ0v) is 9.78. The Morgan fingerprint density at radius 3 is 2.88 bits per heavy atom. The van der Waals surface area contributed by atoms with Crippen molar-refractivity contribution in [2.75, 3.05) is 11.2 Å².